The number of nitriles is 1. The number of phenolic OH excluding ortho intramolecular Hbond substituents is 1. The van der Waals surface area contributed by atoms with Crippen molar-refractivity contribution in [2.75, 3.05) is 11.9 Å². The fourth-order valence-corrected chi connectivity index (χ4v) is 3.54. The molecule has 2 aromatic carbocycles. The van der Waals surface area contributed by atoms with Crippen LogP contribution in [0.25, 0.3) is 17.3 Å². The lowest BCUT2D eigenvalue weighted by molar-refractivity contribution is -0.112. The number of nitrogens with one attached hydrogen (secondary N) is 1. The molecule has 3 aromatic rings. The van der Waals surface area contributed by atoms with E-state index >= 15 is 0 Å². The largest absolute Gasteiger partial charge is 0.504 e. The SMILES string of the molecule is CCOc1cc(/C=C(\C#N)C(=O)Nc2nc(-c3cc(C)ccc3C)cs2)ccc1O. The number of hydrogen-bond acceptors (Lipinski definition) is 6. The number of aromatic hydroxyl groups is 1. The summed E-state index contributed by atoms with van der Waals surface area (Å²) in [5, 5.41) is 24.2. The van der Waals surface area contributed by atoms with E-state index in [0.717, 1.165) is 22.4 Å². The van der Waals surface area contributed by atoms with Crippen LogP contribution in [-0.4, -0.2) is 22.6 Å². The Morgan fingerprint density at radius 1 is 1.30 bits per heavy atom. The Morgan fingerprint density at radius 2 is 2.10 bits per heavy atom. The van der Waals surface area contributed by atoms with Crippen LogP contribution in [0.1, 0.15) is 23.6 Å². The molecule has 0 bridgehead atoms. The van der Waals surface area contributed by atoms with Crippen molar-refractivity contribution in [1.29, 1.82) is 5.26 Å². The average Bonchev–Trinajstić information content (AvgIpc) is 3.18. The van der Waals surface area contributed by atoms with Crippen LogP contribution in [-0.2, 0) is 4.79 Å². The Balaban J connectivity index is 1.80. The van der Waals surface area contributed by atoms with E-state index in [4.69, 9.17) is 4.74 Å². The molecule has 30 heavy (non-hydrogen) atoms. The Hall–Kier alpha value is -3.63. The Bertz CT molecular complexity index is 1160. The molecular weight excluding hydrogens is 398 g/mol. The van der Waals surface area contributed by atoms with Crippen molar-refractivity contribution < 1.29 is 14.6 Å². The van der Waals surface area contributed by atoms with E-state index < -0.39 is 5.91 Å². The Labute approximate surface area is 179 Å². The quantitative estimate of drug-likeness (QED) is 0.429. The highest BCUT2D eigenvalue weighted by molar-refractivity contribution is 7.14. The van der Waals surface area contributed by atoms with Gasteiger partial charge in [-0.05, 0) is 56.2 Å². The molecule has 3 rings (SSSR count). The van der Waals surface area contributed by atoms with Gasteiger partial charge >= 0.3 is 0 Å². The van der Waals surface area contributed by atoms with Crippen molar-refractivity contribution in [3.05, 3.63) is 64.0 Å². The smallest absolute Gasteiger partial charge is 0.268 e. The number of ether oxygens (including phenoxy) is 1. The number of thiazole rings is 1. The monoisotopic (exact) mass is 419 g/mol. The zero-order chi connectivity index (χ0) is 21.7. The first kappa shape index (κ1) is 21.1. The maximum absolute atomic E-state index is 12.6. The molecule has 152 valence electrons. The van der Waals surface area contributed by atoms with E-state index in [1.54, 1.807) is 19.1 Å². The predicted octanol–water partition coefficient (Wildman–Crippen LogP) is 5.08. The minimum atomic E-state index is -0.551. The third-order valence-corrected chi connectivity index (χ3v) is 5.11. The molecule has 0 aliphatic heterocycles. The summed E-state index contributed by atoms with van der Waals surface area (Å²) in [7, 11) is 0. The molecule has 0 fully saturated rings. The minimum Gasteiger partial charge on any atom is -0.504 e. The van der Waals surface area contributed by atoms with Gasteiger partial charge in [0, 0.05) is 10.9 Å². The molecule has 0 saturated heterocycles. The van der Waals surface area contributed by atoms with Crippen LogP contribution in [0.5, 0.6) is 11.5 Å². The predicted molar refractivity (Wildman–Crippen MR) is 119 cm³/mol. The summed E-state index contributed by atoms with van der Waals surface area (Å²) in [5.74, 6) is -0.258. The summed E-state index contributed by atoms with van der Waals surface area (Å²) in [6.45, 7) is 6.22. The number of phenols is 1. The van der Waals surface area contributed by atoms with Crippen LogP contribution in [0.3, 0.4) is 0 Å². The number of aryl methyl sites for hydroxylation is 2. The average molecular weight is 420 g/mol. The molecule has 0 aliphatic rings. The maximum atomic E-state index is 12.6. The second kappa shape index (κ2) is 9.25. The molecule has 0 saturated carbocycles. The van der Waals surface area contributed by atoms with Crippen molar-refractivity contribution in [3.63, 3.8) is 0 Å². The summed E-state index contributed by atoms with van der Waals surface area (Å²) >= 11 is 1.30. The van der Waals surface area contributed by atoms with E-state index in [1.807, 2.05) is 37.4 Å². The molecule has 7 heteroatoms. The molecule has 1 amide bonds. The van der Waals surface area contributed by atoms with Gasteiger partial charge in [-0.25, -0.2) is 4.98 Å². The maximum Gasteiger partial charge on any atom is 0.268 e. The summed E-state index contributed by atoms with van der Waals surface area (Å²) < 4.78 is 5.34. The topological polar surface area (TPSA) is 95.2 Å². The molecule has 1 aromatic heterocycles. The van der Waals surface area contributed by atoms with E-state index in [1.165, 1.54) is 23.5 Å². The number of benzene rings is 2. The molecule has 0 unspecified atom stereocenters. The molecule has 0 atom stereocenters. The van der Waals surface area contributed by atoms with Gasteiger partial charge in [-0.3, -0.25) is 10.1 Å². The lowest BCUT2D eigenvalue weighted by Gasteiger charge is -2.07. The number of nitrogens with zero attached hydrogens (tertiary/aromatic N) is 2. The summed E-state index contributed by atoms with van der Waals surface area (Å²) in [4.78, 5) is 17.1. The van der Waals surface area contributed by atoms with Crippen molar-refractivity contribution >= 4 is 28.5 Å². The highest BCUT2D eigenvalue weighted by Gasteiger charge is 2.14. The van der Waals surface area contributed by atoms with E-state index in [-0.39, 0.29) is 11.3 Å². The van der Waals surface area contributed by atoms with Crippen molar-refractivity contribution in [3.8, 4) is 28.8 Å². The van der Waals surface area contributed by atoms with Crippen LogP contribution in [0.2, 0.25) is 0 Å². The molecule has 0 radical (unpaired) electrons. The van der Waals surface area contributed by atoms with Gasteiger partial charge in [0.25, 0.3) is 5.91 Å². The number of anilines is 1. The number of carbonyl (C=O) groups is 1. The Morgan fingerprint density at radius 3 is 2.83 bits per heavy atom. The number of amides is 1. The van der Waals surface area contributed by atoms with Crippen molar-refractivity contribution in [1.82, 2.24) is 4.98 Å². The van der Waals surface area contributed by atoms with Crippen LogP contribution in [0.4, 0.5) is 5.13 Å². The number of rotatable bonds is 6. The lowest BCUT2D eigenvalue weighted by Crippen LogP contribution is -2.13. The van der Waals surface area contributed by atoms with Gasteiger partial charge in [-0.2, -0.15) is 5.26 Å². The second-order valence-electron chi connectivity index (χ2n) is 6.64. The van der Waals surface area contributed by atoms with E-state index in [2.05, 4.69) is 16.4 Å². The molecule has 0 spiro atoms. The Kier molecular flexibility index (Phi) is 6.50. The lowest BCUT2D eigenvalue weighted by atomic mass is 10.0. The first-order valence-corrected chi connectivity index (χ1v) is 10.2. The third-order valence-electron chi connectivity index (χ3n) is 4.35. The fourth-order valence-electron chi connectivity index (χ4n) is 2.84. The summed E-state index contributed by atoms with van der Waals surface area (Å²) in [5.41, 5.74) is 4.50. The molecule has 1 heterocycles. The van der Waals surface area contributed by atoms with Crippen LogP contribution in [0, 0.1) is 25.2 Å². The third kappa shape index (κ3) is 4.85. The zero-order valence-electron chi connectivity index (χ0n) is 16.9. The first-order chi connectivity index (χ1) is 14.4. The van der Waals surface area contributed by atoms with Crippen molar-refractivity contribution in [2.24, 2.45) is 0 Å². The van der Waals surface area contributed by atoms with Crippen molar-refractivity contribution in [2.45, 2.75) is 20.8 Å². The molecular formula is C23H21N3O3S. The summed E-state index contributed by atoms with van der Waals surface area (Å²) in [6.07, 6.45) is 1.44. The number of hydrogen-bond donors (Lipinski definition) is 2. The minimum absolute atomic E-state index is 0.00119. The van der Waals surface area contributed by atoms with Gasteiger partial charge < -0.3 is 9.84 Å². The number of aromatic nitrogens is 1. The molecule has 2 N–H and O–H groups in total. The van der Waals surface area contributed by atoms with E-state index in [9.17, 15) is 15.2 Å². The molecule has 0 aliphatic carbocycles. The highest BCUT2D eigenvalue weighted by atomic mass is 32.1. The van der Waals surface area contributed by atoms with Crippen LogP contribution >= 0.6 is 11.3 Å². The van der Waals surface area contributed by atoms with Gasteiger partial charge in [-0.1, -0.05) is 23.8 Å². The molecule has 6 nitrogen and oxygen atoms in total. The van der Waals surface area contributed by atoms with E-state index in [0.29, 0.717) is 23.1 Å². The van der Waals surface area contributed by atoms with Gasteiger partial charge in [-0.15, -0.1) is 11.3 Å². The van der Waals surface area contributed by atoms with Gasteiger partial charge in [0.1, 0.15) is 11.6 Å². The van der Waals surface area contributed by atoms with Gasteiger partial charge in [0.15, 0.2) is 16.6 Å². The number of carbonyl (C=O) groups excluding carboxylic acids is 1. The standard InChI is InChI=1S/C23H21N3O3S/c1-4-29-21-11-16(7-8-20(21)27)10-17(12-24)22(28)26-23-25-19(13-30-23)18-9-14(2)5-6-15(18)3/h5-11,13,27H,4H2,1-3H3,(H,25,26,28)/b17-10+. The first-order valence-electron chi connectivity index (χ1n) is 9.33. The summed E-state index contributed by atoms with van der Waals surface area (Å²) in [6, 6.07) is 12.7. The highest BCUT2D eigenvalue weighted by Crippen LogP contribution is 2.29. The van der Waals surface area contributed by atoms with Crippen LogP contribution < -0.4 is 10.1 Å². The van der Waals surface area contributed by atoms with Gasteiger partial charge in [0.2, 0.25) is 0 Å². The normalized spacial score (nSPS) is 11.1. The van der Waals surface area contributed by atoms with Gasteiger partial charge in [0.05, 0.1) is 12.3 Å². The zero-order valence-corrected chi connectivity index (χ0v) is 17.7. The fraction of sp³-hybridized carbons (Fsp3) is 0.174. The van der Waals surface area contributed by atoms with Crippen LogP contribution in [0.15, 0.2) is 47.4 Å². The second-order valence-corrected chi connectivity index (χ2v) is 7.50.